The summed E-state index contributed by atoms with van der Waals surface area (Å²) in [4.78, 5) is 2.64. The Morgan fingerprint density at radius 1 is 1.11 bits per heavy atom. The molecule has 2 aromatic carbocycles. The van der Waals surface area contributed by atoms with Gasteiger partial charge in [0.25, 0.3) is 0 Å². The Kier molecular flexibility index (Phi) is 4.76. The molecule has 0 atom stereocenters. The topological polar surface area (TPSA) is 29.3 Å². The smallest absolute Gasteiger partial charge is 0.103 e. The zero-order valence-corrected chi connectivity index (χ0v) is 13.6. The zero-order valence-electron chi connectivity index (χ0n) is 10.6. The fourth-order valence-electron chi connectivity index (χ4n) is 1.84. The number of nitrogens with zero attached hydrogens (tertiary/aromatic N) is 1. The van der Waals surface area contributed by atoms with Gasteiger partial charge in [-0.15, -0.1) is 0 Å². The summed E-state index contributed by atoms with van der Waals surface area (Å²) in [6.07, 6.45) is 0. The van der Waals surface area contributed by atoms with Crippen LogP contribution < -0.4 is 10.6 Å². The Hall–Kier alpha value is -1.14. The molecule has 0 saturated carbocycles. The Morgan fingerprint density at radius 3 is 2.21 bits per heavy atom. The van der Waals surface area contributed by atoms with Gasteiger partial charge in [0, 0.05) is 28.4 Å². The Morgan fingerprint density at radius 2 is 1.68 bits per heavy atom. The Balaban J connectivity index is 2.09. The van der Waals surface area contributed by atoms with E-state index < -0.39 is 0 Å². The first kappa shape index (κ1) is 14.3. The van der Waals surface area contributed by atoms with Crippen LogP contribution in [-0.2, 0) is 6.54 Å². The lowest BCUT2D eigenvalue weighted by Crippen LogP contribution is -2.16. The van der Waals surface area contributed by atoms with E-state index in [9.17, 15) is 0 Å². The van der Waals surface area contributed by atoms with Crippen molar-refractivity contribution in [3.63, 3.8) is 0 Å². The fourth-order valence-corrected chi connectivity index (χ4v) is 2.33. The van der Waals surface area contributed by atoms with Crippen molar-refractivity contribution in [1.29, 1.82) is 0 Å². The van der Waals surface area contributed by atoms with Gasteiger partial charge in [-0.2, -0.15) is 0 Å². The van der Waals surface area contributed by atoms with E-state index in [0.29, 0.717) is 4.99 Å². The van der Waals surface area contributed by atoms with Crippen molar-refractivity contribution in [1.82, 2.24) is 0 Å². The molecular weight excluding hydrogens is 367 g/mol. The fraction of sp³-hybridized carbons (Fsp3) is 0.133. The van der Waals surface area contributed by atoms with Crippen molar-refractivity contribution in [3.8, 4) is 0 Å². The molecule has 0 aliphatic heterocycles. The molecule has 0 fully saturated rings. The van der Waals surface area contributed by atoms with Crippen molar-refractivity contribution in [2.45, 2.75) is 6.54 Å². The van der Waals surface area contributed by atoms with E-state index in [0.717, 1.165) is 17.8 Å². The summed E-state index contributed by atoms with van der Waals surface area (Å²) < 4.78 is 1.25. The van der Waals surface area contributed by atoms with Gasteiger partial charge in [-0.1, -0.05) is 24.4 Å². The molecule has 0 spiro atoms. The second-order valence-electron chi connectivity index (χ2n) is 4.39. The largest absolute Gasteiger partial charge is 0.389 e. The van der Waals surface area contributed by atoms with Gasteiger partial charge in [0.15, 0.2) is 0 Å². The van der Waals surface area contributed by atoms with Crippen LogP contribution in [0.3, 0.4) is 0 Å². The number of hydrogen-bond acceptors (Lipinski definition) is 2. The minimum atomic E-state index is 0.437. The van der Waals surface area contributed by atoms with Gasteiger partial charge in [-0.25, -0.2) is 0 Å². The number of nitrogens with two attached hydrogens (primary N) is 1. The third kappa shape index (κ3) is 3.91. The molecule has 0 bridgehead atoms. The molecule has 2 rings (SSSR count). The van der Waals surface area contributed by atoms with E-state index in [1.807, 2.05) is 24.3 Å². The predicted octanol–water partition coefficient (Wildman–Crippen LogP) is 3.56. The number of halogens is 1. The molecular formula is C15H15IN2S. The first-order valence-corrected chi connectivity index (χ1v) is 7.40. The van der Waals surface area contributed by atoms with E-state index in [-0.39, 0.29) is 0 Å². The van der Waals surface area contributed by atoms with E-state index in [1.165, 1.54) is 9.13 Å². The molecule has 0 heterocycles. The lowest BCUT2D eigenvalue weighted by atomic mass is 10.1. The van der Waals surface area contributed by atoms with Crippen LogP contribution in [0, 0.1) is 3.57 Å². The summed E-state index contributed by atoms with van der Waals surface area (Å²) in [5, 5.41) is 0. The van der Waals surface area contributed by atoms with Crippen LogP contribution in [0.4, 0.5) is 5.69 Å². The number of anilines is 1. The van der Waals surface area contributed by atoms with E-state index in [1.54, 1.807) is 0 Å². The number of rotatable bonds is 4. The van der Waals surface area contributed by atoms with Gasteiger partial charge < -0.3 is 10.6 Å². The third-order valence-corrected chi connectivity index (χ3v) is 3.88. The quantitative estimate of drug-likeness (QED) is 0.648. The van der Waals surface area contributed by atoms with Crippen molar-refractivity contribution >= 4 is 45.5 Å². The van der Waals surface area contributed by atoms with Crippen LogP contribution >= 0.6 is 34.8 Å². The highest BCUT2D eigenvalue weighted by molar-refractivity contribution is 14.1. The SMILES string of the molecule is CN(Cc1ccc(I)cc1)c1ccc(C(N)=S)cc1. The number of hydrogen-bond donors (Lipinski definition) is 1. The molecule has 19 heavy (non-hydrogen) atoms. The highest BCUT2D eigenvalue weighted by Crippen LogP contribution is 2.17. The molecule has 98 valence electrons. The molecule has 4 heteroatoms. The molecule has 0 saturated heterocycles. The average molecular weight is 382 g/mol. The van der Waals surface area contributed by atoms with Crippen LogP contribution in [0.5, 0.6) is 0 Å². The van der Waals surface area contributed by atoms with Crippen LogP contribution in [0.2, 0.25) is 0 Å². The molecule has 0 aliphatic rings. The summed E-state index contributed by atoms with van der Waals surface area (Å²) in [5.41, 5.74) is 8.94. The predicted molar refractivity (Wildman–Crippen MR) is 93.6 cm³/mol. The van der Waals surface area contributed by atoms with Crippen molar-refractivity contribution in [3.05, 3.63) is 63.2 Å². The lowest BCUT2D eigenvalue weighted by Gasteiger charge is -2.19. The zero-order chi connectivity index (χ0) is 13.8. The molecule has 2 nitrogen and oxygen atoms in total. The summed E-state index contributed by atoms with van der Waals surface area (Å²) in [5.74, 6) is 0. The van der Waals surface area contributed by atoms with Crippen molar-refractivity contribution in [2.24, 2.45) is 5.73 Å². The molecule has 0 unspecified atom stereocenters. The molecule has 2 aromatic rings. The maximum Gasteiger partial charge on any atom is 0.103 e. The average Bonchev–Trinajstić information content (AvgIpc) is 2.41. The van der Waals surface area contributed by atoms with E-state index in [4.69, 9.17) is 18.0 Å². The van der Waals surface area contributed by atoms with E-state index in [2.05, 4.69) is 58.8 Å². The monoisotopic (exact) mass is 382 g/mol. The normalized spacial score (nSPS) is 10.2. The van der Waals surface area contributed by atoms with Crippen LogP contribution in [0.15, 0.2) is 48.5 Å². The van der Waals surface area contributed by atoms with Gasteiger partial charge in [-0.05, 0) is 64.6 Å². The standard InChI is InChI=1S/C15H15IN2S/c1-18(10-11-2-6-13(16)7-3-11)14-8-4-12(5-9-14)15(17)19/h2-9H,10H2,1H3,(H2,17,19). The van der Waals surface area contributed by atoms with Gasteiger partial charge >= 0.3 is 0 Å². The summed E-state index contributed by atoms with van der Waals surface area (Å²) in [7, 11) is 2.08. The van der Waals surface area contributed by atoms with Crippen LogP contribution in [0.1, 0.15) is 11.1 Å². The maximum absolute atomic E-state index is 5.59. The van der Waals surface area contributed by atoms with Gasteiger partial charge in [0.2, 0.25) is 0 Å². The third-order valence-electron chi connectivity index (χ3n) is 2.93. The maximum atomic E-state index is 5.59. The molecule has 2 N–H and O–H groups in total. The van der Waals surface area contributed by atoms with Gasteiger partial charge in [0.05, 0.1) is 0 Å². The highest BCUT2D eigenvalue weighted by Gasteiger charge is 2.03. The number of benzene rings is 2. The second-order valence-corrected chi connectivity index (χ2v) is 6.08. The van der Waals surface area contributed by atoms with Crippen molar-refractivity contribution < 1.29 is 0 Å². The lowest BCUT2D eigenvalue weighted by molar-refractivity contribution is 0.923. The summed E-state index contributed by atoms with van der Waals surface area (Å²) >= 11 is 7.27. The van der Waals surface area contributed by atoms with Gasteiger partial charge in [0.1, 0.15) is 4.99 Å². The molecule has 0 aliphatic carbocycles. The molecule has 0 amide bonds. The molecule has 0 radical (unpaired) electrons. The van der Waals surface area contributed by atoms with Crippen LogP contribution in [-0.4, -0.2) is 12.0 Å². The van der Waals surface area contributed by atoms with Crippen molar-refractivity contribution in [2.75, 3.05) is 11.9 Å². The summed E-state index contributed by atoms with van der Waals surface area (Å²) in [6, 6.07) is 16.6. The Bertz CT molecular complexity index is 564. The van der Waals surface area contributed by atoms with Gasteiger partial charge in [-0.3, -0.25) is 0 Å². The second kappa shape index (κ2) is 6.34. The summed E-state index contributed by atoms with van der Waals surface area (Å²) in [6.45, 7) is 0.878. The molecule has 0 aromatic heterocycles. The Labute approximate surface area is 132 Å². The minimum Gasteiger partial charge on any atom is -0.389 e. The minimum absolute atomic E-state index is 0.437. The first-order chi connectivity index (χ1) is 9.06. The van der Waals surface area contributed by atoms with Crippen LogP contribution in [0.25, 0.3) is 0 Å². The van der Waals surface area contributed by atoms with E-state index >= 15 is 0 Å². The number of thiocarbonyl (C=S) groups is 1. The highest BCUT2D eigenvalue weighted by atomic mass is 127. The first-order valence-electron chi connectivity index (χ1n) is 5.92.